The van der Waals surface area contributed by atoms with E-state index in [1.807, 2.05) is 6.07 Å². The van der Waals surface area contributed by atoms with Crippen LogP contribution in [0.5, 0.6) is 0 Å². The number of hydrogen-bond acceptors (Lipinski definition) is 4. The van der Waals surface area contributed by atoms with Gasteiger partial charge in [0.15, 0.2) is 0 Å². The SMILES string of the molecule is CCOP(=O)(OCC)OC1(CC)CCC(c2ccccc2)CC1. The van der Waals surface area contributed by atoms with Gasteiger partial charge in [-0.3, -0.25) is 13.6 Å². The normalized spacial score (nSPS) is 25.4. The fourth-order valence-corrected chi connectivity index (χ4v) is 4.95. The van der Waals surface area contributed by atoms with E-state index in [1.54, 1.807) is 13.8 Å². The summed E-state index contributed by atoms with van der Waals surface area (Å²) in [5, 5.41) is 0. The average Bonchev–Trinajstić information content (AvgIpc) is 2.56. The molecule has 0 bridgehead atoms. The lowest BCUT2D eigenvalue weighted by atomic mass is 9.75. The first-order valence-electron chi connectivity index (χ1n) is 8.71. The quantitative estimate of drug-likeness (QED) is 0.570. The molecule has 1 aliphatic carbocycles. The Labute approximate surface area is 140 Å². The van der Waals surface area contributed by atoms with Gasteiger partial charge in [0.05, 0.1) is 18.8 Å². The van der Waals surface area contributed by atoms with Crippen molar-refractivity contribution in [2.45, 2.75) is 64.4 Å². The molecule has 130 valence electrons. The molecule has 1 aromatic rings. The minimum atomic E-state index is -3.46. The third kappa shape index (κ3) is 4.90. The molecule has 2 rings (SSSR count). The lowest BCUT2D eigenvalue weighted by Gasteiger charge is -2.40. The molecule has 23 heavy (non-hydrogen) atoms. The average molecular weight is 340 g/mol. The fourth-order valence-electron chi connectivity index (χ4n) is 3.36. The molecular formula is C18H29O4P. The molecule has 0 radical (unpaired) electrons. The topological polar surface area (TPSA) is 44.8 Å². The highest BCUT2D eigenvalue weighted by molar-refractivity contribution is 7.48. The summed E-state index contributed by atoms with van der Waals surface area (Å²) in [6.07, 6.45) is 4.66. The molecule has 0 atom stereocenters. The van der Waals surface area contributed by atoms with Crippen LogP contribution in [0.15, 0.2) is 30.3 Å². The second-order valence-corrected chi connectivity index (χ2v) is 7.69. The van der Waals surface area contributed by atoms with Crippen molar-refractivity contribution in [3.05, 3.63) is 35.9 Å². The van der Waals surface area contributed by atoms with Crippen molar-refractivity contribution in [1.82, 2.24) is 0 Å². The van der Waals surface area contributed by atoms with Gasteiger partial charge >= 0.3 is 7.82 Å². The minimum absolute atomic E-state index is 0.323. The van der Waals surface area contributed by atoms with Gasteiger partial charge in [0, 0.05) is 0 Å². The molecule has 1 saturated carbocycles. The first-order valence-corrected chi connectivity index (χ1v) is 10.2. The largest absolute Gasteiger partial charge is 0.475 e. The van der Waals surface area contributed by atoms with Crippen molar-refractivity contribution in [2.24, 2.45) is 0 Å². The zero-order valence-corrected chi connectivity index (χ0v) is 15.4. The van der Waals surface area contributed by atoms with Crippen LogP contribution in [0.25, 0.3) is 0 Å². The zero-order chi connectivity index (χ0) is 16.8. The van der Waals surface area contributed by atoms with Crippen LogP contribution in [0, 0.1) is 0 Å². The van der Waals surface area contributed by atoms with E-state index >= 15 is 0 Å². The number of phosphoric acid groups is 1. The maximum atomic E-state index is 12.7. The van der Waals surface area contributed by atoms with Gasteiger partial charge in [-0.1, -0.05) is 37.3 Å². The van der Waals surface area contributed by atoms with Crippen molar-refractivity contribution in [3.63, 3.8) is 0 Å². The van der Waals surface area contributed by atoms with Gasteiger partial charge in [0.1, 0.15) is 0 Å². The second-order valence-electron chi connectivity index (χ2n) is 6.10. The highest BCUT2D eigenvalue weighted by Gasteiger charge is 2.42. The Morgan fingerprint density at radius 1 is 1.04 bits per heavy atom. The first kappa shape index (κ1) is 18.7. The number of rotatable bonds is 8. The highest BCUT2D eigenvalue weighted by atomic mass is 31.2. The summed E-state index contributed by atoms with van der Waals surface area (Å²) in [5.74, 6) is 0.554. The molecule has 0 unspecified atom stereocenters. The number of phosphoric ester groups is 1. The predicted octanol–water partition coefficient (Wildman–Crippen LogP) is 5.69. The van der Waals surface area contributed by atoms with Crippen LogP contribution in [0.2, 0.25) is 0 Å². The summed E-state index contributed by atoms with van der Waals surface area (Å²) in [7, 11) is -3.46. The van der Waals surface area contributed by atoms with E-state index in [-0.39, 0.29) is 0 Å². The van der Waals surface area contributed by atoms with E-state index in [2.05, 4.69) is 31.2 Å². The molecule has 4 nitrogen and oxygen atoms in total. The molecule has 1 aliphatic rings. The Balaban J connectivity index is 2.04. The van der Waals surface area contributed by atoms with Gasteiger partial charge in [0.25, 0.3) is 0 Å². The van der Waals surface area contributed by atoms with E-state index in [9.17, 15) is 4.57 Å². The molecule has 0 aliphatic heterocycles. The smallest absolute Gasteiger partial charge is 0.287 e. The fraction of sp³-hybridized carbons (Fsp3) is 0.667. The summed E-state index contributed by atoms with van der Waals surface area (Å²) in [6, 6.07) is 10.6. The van der Waals surface area contributed by atoms with Gasteiger partial charge in [-0.2, -0.15) is 0 Å². The van der Waals surface area contributed by atoms with Crippen molar-refractivity contribution in [1.29, 1.82) is 0 Å². The summed E-state index contributed by atoms with van der Waals surface area (Å²) < 4.78 is 29.4. The molecule has 1 aromatic carbocycles. The Kier molecular flexibility index (Phi) is 6.84. The van der Waals surface area contributed by atoms with E-state index in [1.165, 1.54) is 5.56 Å². The van der Waals surface area contributed by atoms with Crippen LogP contribution in [-0.2, 0) is 18.1 Å². The van der Waals surface area contributed by atoms with Crippen LogP contribution < -0.4 is 0 Å². The molecule has 0 N–H and O–H groups in total. The molecular weight excluding hydrogens is 311 g/mol. The van der Waals surface area contributed by atoms with E-state index in [4.69, 9.17) is 13.6 Å². The molecule has 1 fully saturated rings. The molecule has 0 spiro atoms. The minimum Gasteiger partial charge on any atom is -0.287 e. The molecule has 5 heteroatoms. The molecule has 0 amide bonds. The van der Waals surface area contributed by atoms with Crippen molar-refractivity contribution in [3.8, 4) is 0 Å². The van der Waals surface area contributed by atoms with Gasteiger partial charge < -0.3 is 0 Å². The summed E-state index contributed by atoms with van der Waals surface area (Å²) >= 11 is 0. The Morgan fingerprint density at radius 2 is 1.61 bits per heavy atom. The van der Waals surface area contributed by atoms with Crippen LogP contribution >= 0.6 is 7.82 Å². The number of hydrogen-bond donors (Lipinski definition) is 0. The molecule has 0 saturated heterocycles. The summed E-state index contributed by atoms with van der Waals surface area (Å²) in [6.45, 7) is 6.35. The first-order chi connectivity index (χ1) is 11.1. The maximum Gasteiger partial charge on any atom is 0.475 e. The van der Waals surface area contributed by atoms with E-state index in [0.29, 0.717) is 19.1 Å². The predicted molar refractivity (Wildman–Crippen MR) is 92.6 cm³/mol. The lowest BCUT2D eigenvalue weighted by molar-refractivity contribution is -0.0201. The van der Waals surface area contributed by atoms with Crippen LogP contribution in [-0.4, -0.2) is 18.8 Å². The Hall–Kier alpha value is -0.670. The van der Waals surface area contributed by atoms with Crippen molar-refractivity contribution in [2.75, 3.05) is 13.2 Å². The number of benzene rings is 1. The van der Waals surface area contributed by atoms with Gasteiger partial charge in [-0.25, -0.2) is 4.57 Å². The van der Waals surface area contributed by atoms with Gasteiger partial charge in [0.2, 0.25) is 0 Å². The van der Waals surface area contributed by atoms with Gasteiger partial charge in [-0.05, 0) is 57.4 Å². The molecule has 0 heterocycles. The Morgan fingerprint density at radius 3 is 2.09 bits per heavy atom. The van der Waals surface area contributed by atoms with E-state index in [0.717, 1.165) is 32.1 Å². The Bertz CT molecular complexity index is 499. The monoisotopic (exact) mass is 340 g/mol. The molecule has 0 aromatic heterocycles. The lowest BCUT2D eigenvalue weighted by Crippen LogP contribution is -2.35. The van der Waals surface area contributed by atoms with Crippen LogP contribution in [0.4, 0.5) is 0 Å². The summed E-state index contributed by atoms with van der Waals surface area (Å²) in [5.41, 5.74) is 0.987. The van der Waals surface area contributed by atoms with E-state index < -0.39 is 13.4 Å². The van der Waals surface area contributed by atoms with Crippen molar-refractivity contribution >= 4 is 7.82 Å². The highest BCUT2D eigenvalue weighted by Crippen LogP contribution is 2.56. The second kappa shape index (κ2) is 8.43. The van der Waals surface area contributed by atoms with Crippen LogP contribution in [0.1, 0.15) is 64.4 Å². The van der Waals surface area contributed by atoms with Gasteiger partial charge in [-0.15, -0.1) is 0 Å². The maximum absolute atomic E-state index is 12.7. The zero-order valence-electron chi connectivity index (χ0n) is 14.5. The standard InChI is InChI=1S/C18H29O4P/c1-4-18(22-23(19,20-5-2)21-6-3)14-12-17(13-15-18)16-10-8-7-9-11-16/h7-11,17H,4-6,12-15H2,1-3H3. The third-order valence-corrected chi connectivity index (χ3v) is 6.45. The van der Waals surface area contributed by atoms with Crippen molar-refractivity contribution < 1.29 is 18.1 Å². The summed E-state index contributed by atoms with van der Waals surface area (Å²) in [4.78, 5) is 0. The third-order valence-electron chi connectivity index (χ3n) is 4.69. The van der Waals surface area contributed by atoms with Crippen LogP contribution in [0.3, 0.4) is 0 Å².